The van der Waals surface area contributed by atoms with Crippen LogP contribution in [0.3, 0.4) is 0 Å². The van der Waals surface area contributed by atoms with Gasteiger partial charge in [-0.2, -0.15) is 14.5 Å². The molecule has 0 unspecified atom stereocenters. The highest BCUT2D eigenvalue weighted by atomic mass is 35.5. The van der Waals surface area contributed by atoms with Crippen molar-refractivity contribution in [1.29, 1.82) is 0 Å². The minimum atomic E-state index is -0.352. The van der Waals surface area contributed by atoms with Crippen molar-refractivity contribution in [3.63, 3.8) is 0 Å². The summed E-state index contributed by atoms with van der Waals surface area (Å²) in [6.45, 7) is 5.33. The number of rotatable bonds is 4. The van der Waals surface area contributed by atoms with Crippen LogP contribution >= 0.6 is 12.4 Å². The lowest BCUT2D eigenvalue weighted by atomic mass is 10.1. The minimum absolute atomic E-state index is 0. The average Bonchev–Trinajstić information content (AvgIpc) is 3.50. The van der Waals surface area contributed by atoms with E-state index in [1.165, 1.54) is 12.1 Å². The number of aryl methyl sites for hydroxylation is 1. The molecular weight excluding hydrogens is 459 g/mol. The molecule has 2 saturated heterocycles. The number of aromatic nitrogens is 6. The Labute approximate surface area is 202 Å². The second kappa shape index (κ2) is 9.27. The predicted octanol–water partition coefficient (Wildman–Crippen LogP) is 3.79. The van der Waals surface area contributed by atoms with Crippen LogP contribution in [0.25, 0.3) is 28.3 Å². The van der Waals surface area contributed by atoms with Crippen LogP contribution in [0.4, 0.5) is 16.0 Å². The first-order valence-electron chi connectivity index (χ1n) is 11.5. The van der Waals surface area contributed by atoms with Crippen LogP contribution in [0.15, 0.2) is 24.3 Å². The van der Waals surface area contributed by atoms with Crippen LogP contribution in [0.2, 0.25) is 0 Å². The fourth-order valence-corrected chi connectivity index (χ4v) is 4.55. The van der Waals surface area contributed by atoms with Gasteiger partial charge in [-0.1, -0.05) is 0 Å². The molecule has 0 spiro atoms. The molecule has 4 aromatic rings. The first-order chi connectivity index (χ1) is 16.1. The predicted molar refractivity (Wildman–Crippen MR) is 130 cm³/mol. The highest BCUT2D eigenvalue weighted by Gasteiger charge is 2.22. The van der Waals surface area contributed by atoms with Crippen molar-refractivity contribution in [1.82, 2.24) is 29.5 Å². The Morgan fingerprint density at radius 3 is 2.59 bits per heavy atom. The first-order valence-corrected chi connectivity index (χ1v) is 11.5. The normalized spacial score (nSPS) is 16.8. The van der Waals surface area contributed by atoms with Crippen molar-refractivity contribution in [2.45, 2.75) is 38.6 Å². The lowest BCUT2D eigenvalue weighted by Gasteiger charge is -2.25. The lowest BCUT2D eigenvalue weighted by molar-refractivity contribution is 0.0903. The summed E-state index contributed by atoms with van der Waals surface area (Å²) in [6, 6.07) is 6.75. The third-order valence-electron chi connectivity index (χ3n) is 6.31. The molecule has 2 fully saturated rings. The standard InChI is InChI=1S/C23H25FN8O.ClH/c1-14-21(27-18-12-15(24)4-5-17(18)25-14)22-29-23-28-19(31-8-2-3-9-31)13-20(32(23)30-22)26-16-6-10-33-11-7-16;/h4-5,12-13,16,26H,2-3,6-11H2,1H3;1H. The van der Waals surface area contributed by atoms with Crippen LogP contribution in [-0.4, -0.2) is 61.9 Å². The zero-order valence-electron chi connectivity index (χ0n) is 18.9. The van der Waals surface area contributed by atoms with E-state index in [9.17, 15) is 4.39 Å². The van der Waals surface area contributed by atoms with Gasteiger partial charge < -0.3 is 15.0 Å². The first kappa shape index (κ1) is 22.7. The van der Waals surface area contributed by atoms with Crippen molar-refractivity contribution >= 4 is 40.9 Å². The summed E-state index contributed by atoms with van der Waals surface area (Å²) >= 11 is 0. The summed E-state index contributed by atoms with van der Waals surface area (Å²) in [4.78, 5) is 21.0. The summed E-state index contributed by atoms with van der Waals surface area (Å²) in [5, 5.41) is 8.37. The molecule has 2 aliphatic heterocycles. The Morgan fingerprint density at radius 1 is 1.00 bits per heavy atom. The molecule has 9 nitrogen and oxygen atoms in total. The molecule has 5 heterocycles. The van der Waals surface area contributed by atoms with E-state index in [2.05, 4.69) is 26.3 Å². The molecule has 3 aromatic heterocycles. The molecule has 0 bridgehead atoms. The van der Waals surface area contributed by atoms with E-state index in [1.807, 2.05) is 6.92 Å². The monoisotopic (exact) mass is 484 g/mol. The van der Waals surface area contributed by atoms with E-state index in [1.54, 1.807) is 10.6 Å². The Bertz CT molecular complexity index is 1330. The molecule has 6 rings (SSSR count). The molecule has 0 radical (unpaired) electrons. The van der Waals surface area contributed by atoms with Crippen molar-refractivity contribution < 1.29 is 9.13 Å². The SMILES string of the molecule is Cc1nc2ccc(F)cc2nc1-c1nc2nc(N3CCCC3)cc(NC3CCOCC3)n2n1.Cl. The van der Waals surface area contributed by atoms with Crippen LogP contribution < -0.4 is 10.2 Å². The number of halogens is 2. The van der Waals surface area contributed by atoms with Gasteiger partial charge in [0.2, 0.25) is 5.82 Å². The van der Waals surface area contributed by atoms with Gasteiger partial charge in [-0.25, -0.2) is 14.4 Å². The van der Waals surface area contributed by atoms with E-state index < -0.39 is 0 Å². The van der Waals surface area contributed by atoms with Crippen molar-refractivity contribution in [3.8, 4) is 11.5 Å². The summed E-state index contributed by atoms with van der Waals surface area (Å²) in [5.41, 5.74) is 2.32. The molecule has 0 aliphatic carbocycles. The highest BCUT2D eigenvalue weighted by molar-refractivity contribution is 5.85. The number of ether oxygens (including phenoxy) is 1. The van der Waals surface area contributed by atoms with E-state index >= 15 is 0 Å². The van der Waals surface area contributed by atoms with Gasteiger partial charge in [0.25, 0.3) is 5.78 Å². The van der Waals surface area contributed by atoms with Crippen molar-refractivity contribution in [3.05, 3.63) is 35.8 Å². The van der Waals surface area contributed by atoms with Crippen LogP contribution in [0.1, 0.15) is 31.4 Å². The van der Waals surface area contributed by atoms with Gasteiger partial charge in [-0.3, -0.25) is 0 Å². The zero-order chi connectivity index (χ0) is 22.4. The smallest absolute Gasteiger partial charge is 0.256 e. The summed E-state index contributed by atoms with van der Waals surface area (Å²) < 4.78 is 21.0. The fourth-order valence-electron chi connectivity index (χ4n) is 4.55. The Morgan fingerprint density at radius 2 is 1.79 bits per heavy atom. The number of anilines is 2. The Balaban J connectivity index is 0.00000241. The van der Waals surface area contributed by atoms with Gasteiger partial charge in [0, 0.05) is 44.5 Å². The number of nitrogens with zero attached hydrogens (tertiary/aromatic N) is 7. The van der Waals surface area contributed by atoms with Gasteiger partial charge in [-0.05, 0) is 44.7 Å². The van der Waals surface area contributed by atoms with Gasteiger partial charge in [0.15, 0.2) is 0 Å². The summed E-state index contributed by atoms with van der Waals surface area (Å²) in [5.74, 6) is 2.33. The Kier molecular flexibility index (Phi) is 6.18. The molecule has 1 N–H and O–H groups in total. The molecule has 0 saturated carbocycles. The maximum atomic E-state index is 13.8. The topological polar surface area (TPSA) is 93.4 Å². The number of hydrogen-bond acceptors (Lipinski definition) is 8. The molecule has 178 valence electrons. The number of fused-ring (bicyclic) bond motifs is 2. The molecule has 0 amide bonds. The number of hydrogen-bond donors (Lipinski definition) is 1. The van der Waals surface area contributed by atoms with Crippen molar-refractivity contribution in [2.75, 3.05) is 36.5 Å². The maximum Gasteiger partial charge on any atom is 0.256 e. The molecule has 11 heteroatoms. The van der Waals surface area contributed by atoms with Gasteiger partial charge in [0.1, 0.15) is 23.1 Å². The van der Waals surface area contributed by atoms with Gasteiger partial charge in [0.05, 0.1) is 16.7 Å². The van der Waals surface area contributed by atoms with Crippen LogP contribution in [0, 0.1) is 12.7 Å². The third-order valence-corrected chi connectivity index (χ3v) is 6.31. The molecule has 0 atom stereocenters. The van der Waals surface area contributed by atoms with E-state index in [-0.39, 0.29) is 18.2 Å². The second-order valence-corrected chi connectivity index (χ2v) is 8.66. The van der Waals surface area contributed by atoms with Crippen LogP contribution in [-0.2, 0) is 4.74 Å². The maximum absolute atomic E-state index is 13.8. The lowest BCUT2D eigenvalue weighted by Crippen LogP contribution is -2.29. The van der Waals surface area contributed by atoms with Gasteiger partial charge in [-0.15, -0.1) is 17.5 Å². The highest BCUT2D eigenvalue weighted by Crippen LogP contribution is 2.27. The Hall–Kier alpha value is -3.11. The van der Waals surface area contributed by atoms with Crippen LogP contribution in [0.5, 0.6) is 0 Å². The number of benzene rings is 1. The van der Waals surface area contributed by atoms with E-state index in [0.717, 1.165) is 63.6 Å². The van der Waals surface area contributed by atoms with Crippen molar-refractivity contribution in [2.24, 2.45) is 0 Å². The summed E-state index contributed by atoms with van der Waals surface area (Å²) in [7, 11) is 0. The molecule has 2 aliphatic rings. The molecule has 34 heavy (non-hydrogen) atoms. The fraction of sp³-hybridized carbons (Fsp3) is 0.435. The van der Waals surface area contributed by atoms with E-state index in [4.69, 9.17) is 19.8 Å². The third kappa shape index (κ3) is 4.23. The molecular formula is C23H26ClFN8O. The molecule has 1 aromatic carbocycles. The van der Waals surface area contributed by atoms with E-state index in [0.29, 0.717) is 40.1 Å². The average molecular weight is 485 g/mol. The van der Waals surface area contributed by atoms with Gasteiger partial charge >= 0.3 is 0 Å². The summed E-state index contributed by atoms with van der Waals surface area (Å²) in [6.07, 6.45) is 4.20. The minimum Gasteiger partial charge on any atom is -0.381 e. The largest absolute Gasteiger partial charge is 0.381 e. The zero-order valence-corrected chi connectivity index (χ0v) is 19.7. The number of nitrogens with one attached hydrogen (secondary N) is 1. The second-order valence-electron chi connectivity index (χ2n) is 8.66. The quantitative estimate of drug-likeness (QED) is 0.467.